The van der Waals surface area contributed by atoms with Crippen molar-refractivity contribution in [1.82, 2.24) is 14.7 Å². The Bertz CT molecular complexity index is 1130. The van der Waals surface area contributed by atoms with Crippen LogP contribution in [0.1, 0.15) is 33.3 Å². The second-order valence-corrected chi connectivity index (χ2v) is 7.33. The lowest BCUT2D eigenvalue weighted by molar-refractivity contribution is 0.0691. The van der Waals surface area contributed by atoms with E-state index in [9.17, 15) is 4.79 Å². The maximum atomic E-state index is 13.1. The molecule has 1 atom stereocenters. The average molecular weight is 383 g/mol. The standard InChI is InChI=1S/C24H21N3O2/c1-26-23-19(17-9-4-2-5-10-17)15-27(24(28)21-13-8-14-29-21)16-20(23)22(25-26)18-11-6-3-7-12-18/h2-14,19H,15-16H2,1H3/t19-/m0/s1. The number of carbonyl (C=O) groups is 1. The van der Waals surface area contributed by atoms with E-state index < -0.39 is 0 Å². The normalized spacial score (nSPS) is 15.9. The van der Waals surface area contributed by atoms with Crippen LogP contribution in [0.15, 0.2) is 83.5 Å². The molecule has 1 amide bonds. The van der Waals surface area contributed by atoms with E-state index in [0.717, 1.165) is 16.8 Å². The Labute approximate surface area is 169 Å². The number of nitrogens with zero attached hydrogens (tertiary/aromatic N) is 3. The van der Waals surface area contributed by atoms with Crippen LogP contribution in [0, 0.1) is 0 Å². The van der Waals surface area contributed by atoms with Gasteiger partial charge in [0, 0.05) is 30.6 Å². The molecule has 4 aromatic rings. The maximum Gasteiger partial charge on any atom is 0.289 e. The predicted octanol–water partition coefficient (Wildman–Crippen LogP) is 4.47. The quantitative estimate of drug-likeness (QED) is 0.525. The van der Waals surface area contributed by atoms with Crippen molar-refractivity contribution in [2.24, 2.45) is 7.05 Å². The minimum absolute atomic E-state index is 0.0498. The van der Waals surface area contributed by atoms with Crippen molar-refractivity contribution >= 4 is 5.91 Å². The number of rotatable bonds is 3. The van der Waals surface area contributed by atoms with Gasteiger partial charge in [0.2, 0.25) is 0 Å². The molecule has 5 heteroatoms. The van der Waals surface area contributed by atoms with Crippen molar-refractivity contribution in [2.45, 2.75) is 12.5 Å². The first-order valence-electron chi connectivity index (χ1n) is 9.71. The van der Waals surface area contributed by atoms with Gasteiger partial charge >= 0.3 is 0 Å². The maximum absolute atomic E-state index is 13.1. The fourth-order valence-corrected chi connectivity index (χ4v) is 4.22. The number of aromatic nitrogens is 2. The first-order chi connectivity index (χ1) is 14.2. The van der Waals surface area contributed by atoms with E-state index in [1.807, 2.05) is 53.0 Å². The van der Waals surface area contributed by atoms with Crippen molar-refractivity contribution < 1.29 is 9.21 Å². The monoisotopic (exact) mass is 383 g/mol. The fourth-order valence-electron chi connectivity index (χ4n) is 4.22. The van der Waals surface area contributed by atoms with Gasteiger partial charge in [-0.2, -0.15) is 5.10 Å². The largest absolute Gasteiger partial charge is 0.459 e. The molecule has 0 N–H and O–H groups in total. The number of carbonyl (C=O) groups excluding carboxylic acids is 1. The lowest BCUT2D eigenvalue weighted by atomic mass is 9.87. The summed E-state index contributed by atoms with van der Waals surface area (Å²) in [5.74, 6) is 0.323. The molecule has 0 unspecified atom stereocenters. The lowest BCUT2D eigenvalue weighted by Crippen LogP contribution is -2.39. The van der Waals surface area contributed by atoms with Gasteiger partial charge in [-0.1, -0.05) is 60.7 Å². The average Bonchev–Trinajstić information content (AvgIpc) is 3.42. The number of amides is 1. The van der Waals surface area contributed by atoms with Crippen LogP contribution in [0.3, 0.4) is 0 Å². The smallest absolute Gasteiger partial charge is 0.289 e. The van der Waals surface area contributed by atoms with Crippen molar-refractivity contribution in [3.05, 3.63) is 102 Å². The molecular weight excluding hydrogens is 362 g/mol. The Hall–Kier alpha value is -3.60. The van der Waals surface area contributed by atoms with Crippen LogP contribution in [0.5, 0.6) is 0 Å². The zero-order chi connectivity index (χ0) is 19.8. The molecule has 0 fully saturated rings. The lowest BCUT2D eigenvalue weighted by Gasteiger charge is -2.33. The Morgan fingerprint density at radius 2 is 1.72 bits per heavy atom. The zero-order valence-electron chi connectivity index (χ0n) is 16.2. The number of hydrogen-bond donors (Lipinski definition) is 0. The summed E-state index contributed by atoms with van der Waals surface area (Å²) >= 11 is 0. The van der Waals surface area contributed by atoms with Gasteiger partial charge in [0.15, 0.2) is 5.76 Å². The molecule has 0 aliphatic carbocycles. The predicted molar refractivity (Wildman–Crippen MR) is 110 cm³/mol. The number of aryl methyl sites for hydroxylation is 1. The van der Waals surface area contributed by atoms with Crippen LogP contribution in [0.4, 0.5) is 0 Å². The number of hydrogen-bond acceptors (Lipinski definition) is 3. The van der Waals surface area contributed by atoms with E-state index in [1.165, 1.54) is 17.5 Å². The molecule has 0 bridgehead atoms. The van der Waals surface area contributed by atoms with Crippen molar-refractivity contribution in [2.75, 3.05) is 6.54 Å². The fraction of sp³-hybridized carbons (Fsp3) is 0.167. The highest BCUT2D eigenvalue weighted by molar-refractivity contribution is 5.92. The molecule has 5 rings (SSSR count). The number of benzene rings is 2. The van der Waals surface area contributed by atoms with Gasteiger partial charge in [-0.25, -0.2) is 0 Å². The third-order valence-corrected chi connectivity index (χ3v) is 5.54. The van der Waals surface area contributed by atoms with Crippen LogP contribution in [-0.4, -0.2) is 27.1 Å². The molecule has 0 saturated heterocycles. The van der Waals surface area contributed by atoms with Crippen LogP contribution in [0.2, 0.25) is 0 Å². The summed E-state index contributed by atoms with van der Waals surface area (Å²) < 4.78 is 7.36. The zero-order valence-corrected chi connectivity index (χ0v) is 16.2. The van der Waals surface area contributed by atoms with Gasteiger partial charge in [-0.3, -0.25) is 9.48 Å². The molecular formula is C24H21N3O2. The minimum Gasteiger partial charge on any atom is -0.459 e. The molecule has 5 nitrogen and oxygen atoms in total. The summed E-state index contributed by atoms with van der Waals surface area (Å²) in [6.07, 6.45) is 1.54. The van der Waals surface area contributed by atoms with E-state index in [4.69, 9.17) is 9.52 Å². The highest BCUT2D eigenvalue weighted by atomic mass is 16.3. The van der Waals surface area contributed by atoms with Gasteiger partial charge in [0.25, 0.3) is 5.91 Å². The first kappa shape index (κ1) is 17.5. The van der Waals surface area contributed by atoms with Crippen LogP contribution in [0.25, 0.3) is 11.3 Å². The number of furan rings is 1. The molecule has 2 aromatic carbocycles. The van der Waals surface area contributed by atoms with Crippen molar-refractivity contribution in [3.8, 4) is 11.3 Å². The van der Waals surface area contributed by atoms with Crippen molar-refractivity contribution in [1.29, 1.82) is 0 Å². The summed E-state index contributed by atoms with van der Waals surface area (Å²) in [6, 6.07) is 23.9. The highest BCUT2D eigenvalue weighted by Crippen LogP contribution is 2.38. The van der Waals surface area contributed by atoms with Crippen LogP contribution >= 0.6 is 0 Å². The minimum atomic E-state index is -0.0931. The second kappa shape index (κ2) is 7.09. The summed E-state index contributed by atoms with van der Waals surface area (Å²) in [7, 11) is 1.99. The molecule has 1 aliphatic rings. The summed E-state index contributed by atoms with van der Waals surface area (Å²) in [6.45, 7) is 1.10. The van der Waals surface area contributed by atoms with Gasteiger partial charge < -0.3 is 9.32 Å². The Kier molecular flexibility index (Phi) is 4.28. The van der Waals surface area contributed by atoms with E-state index >= 15 is 0 Å². The summed E-state index contributed by atoms with van der Waals surface area (Å²) in [5, 5.41) is 4.85. The van der Waals surface area contributed by atoms with E-state index in [1.54, 1.807) is 12.1 Å². The van der Waals surface area contributed by atoms with Gasteiger partial charge in [0.1, 0.15) is 0 Å². The first-order valence-corrected chi connectivity index (χ1v) is 9.71. The second-order valence-electron chi connectivity index (χ2n) is 7.33. The topological polar surface area (TPSA) is 51.3 Å². The summed E-state index contributed by atoms with van der Waals surface area (Å²) in [4.78, 5) is 15.0. The Morgan fingerprint density at radius 1 is 1.00 bits per heavy atom. The molecule has 3 heterocycles. The van der Waals surface area contributed by atoms with E-state index in [2.05, 4.69) is 24.3 Å². The molecule has 2 aromatic heterocycles. The summed E-state index contributed by atoms with van der Waals surface area (Å²) in [5.41, 5.74) is 5.43. The van der Waals surface area contributed by atoms with Crippen molar-refractivity contribution in [3.63, 3.8) is 0 Å². The molecule has 0 saturated carbocycles. The number of fused-ring (bicyclic) bond motifs is 1. The Morgan fingerprint density at radius 3 is 2.41 bits per heavy atom. The van der Waals surface area contributed by atoms with Crippen LogP contribution in [-0.2, 0) is 13.6 Å². The third kappa shape index (κ3) is 3.05. The molecule has 0 spiro atoms. The van der Waals surface area contributed by atoms with Gasteiger partial charge in [-0.05, 0) is 17.7 Å². The van der Waals surface area contributed by atoms with Gasteiger partial charge in [0.05, 0.1) is 24.2 Å². The molecule has 144 valence electrons. The van der Waals surface area contributed by atoms with E-state index in [0.29, 0.717) is 18.8 Å². The molecule has 29 heavy (non-hydrogen) atoms. The van der Waals surface area contributed by atoms with Gasteiger partial charge in [-0.15, -0.1) is 0 Å². The Balaban J connectivity index is 1.65. The third-order valence-electron chi connectivity index (χ3n) is 5.54. The van der Waals surface area contributed by atoms with Crippen LogP contribution < -0.4 is 0 Å². The highest BCUT2D eigenvalue weighted by Gasteiger charge is 2.35. The molecule has 1 aliphatic heterocycles. The van der Waals surface area contributed by atoms with E-state index in [-0.39, 0.29) is 11.8 Å². The SMILES string of the molecule is Cn1nc(-c2ccccc2)c2c1[C@H](c1ccccc1)CN(C(=O)c1ccco1)C2. The molecule has 0 radical (unpaired) electrons.